The third kappa shape index (κ3) is 6.21. The Morgan fingerprint density at radius 3 is 1.92 bits per heavy atom. The summed E-state index contributed by atoms with van der Waals surface area (Å²) >= 11 is 0. The monoisotopic (exact) mass is 206 g/mol. The average Bonchev–Trinajstić information content (AvgIpc) is 1.97. The highest BCUT2D eigenvalue weighted by Crippen LogP contribution is 2.21. The van der Waals surface area contributed by atoms with Crippen LogP contribution < -0.4 is 0 Å². The largest absolute Gasteiger partial charge is 0.484 e. The lowest BCUT2D eigenvalue weighted by molar-refractivity contribution is 0.0164. The maximum atomic E-state index is 5.74. The summed E-state index contributed by atoms with van der Waals surface area (Å²) in [5, 5.41) is 0. The number of hydrogen-bond donors (Lipinski definition) is 0. The molecule has 0 fully saturated rings. The van der Waals surface area contributed by atoms with E-state index in [9.17, 15) is 0 Å². The van der Waals surface area contributed by atoms with Gasteiger partial charge in [0.05, 0.1) is 5.60 Å². The number of rotatable bonds is 6. The molecule has 4 heteroatoms. The minimum Gasteiger partial charge on any atom is -0.379 e. The van der Waals surface area contributed by atoms with Gasteiger partial charge >= 0.3 is 9.53 Å². The second kappa shape index (κ2) is 5.75. The predicted molar refractivity (Wildman–Crippen MR) is 55.8 cm³/mol. The van der Waals surface area contributed by atoms with Crippen LogP contribution in [0.1, 0.15) is 34.1 Å². The highest BCUT2D eigenvalue weighted by Gasteiger charge is 2.26. The molecule has 0 atom stereocenters. The van der Waals surface area contributed by atoms with E-state index in [0.717, 1.165) is 6.42 Å². The van der Waals surface area contributed by atoms with Crippen molar-refractivity contribution in [3.63, 3.8) is 0 Å². The molecule has 0 saturated carbocycles. The molecular weight excluding hydrogens is 184 g/mol. The van der Waals surface area contributed by atoms with E-state index in [-0.39, 0.29) is 5.60 Å². The minimum atomic E-state index is -1.88. The SMILES string of the molecule is CO[SiH](OC)OC(C)(C)CC(C)C. The van der Waals surface area contributed by atoms with Gasteiger partial charge in [-0.25, -0.2) is 0 Å². The molecule has 0 saturated heterocycles. The molecule has 0 heterocycles. The van der Waals surface area contributed by atoms with E-state index >= 15 is 0 Å². The van der Waals surface area contributed by atoms with Gasteiger partial charge in [-0.1, -0.05) is 13.8 Å². The lowest BCUT2D eigenvalue weighted by atomic mass is 9.97. The van der Waals surface area contributed by atoms with Crippen LogP contribution in [0.3, 0.4) is 0 Å². The molecule has 0 radical (unpaired) electrons. The Balaban J connectivity index is 3.98. The Morgan fingerprint density at radius 1 is 1.15 bits per heavy atom. The molecule has 0 aromatic carbocycles. The molecule has 3 nitrogen and oxygen atoms in total. The third-order valence-electron chi connectivity index (χ3n) is 1.70. The van der Waals surface area contributed by atoms with Crippen LogP contribution in [0.4, 0.5) is 0 Å². The Morgan fingerprint density at radius 2 is 1.62 bits per heavy atom. The quantitative estimate of drug-likeness (QED) is 0.621. The summed E-state index contributed by atoms with van der Waals surface area (Å²) in [6, 6.07) is 0. The van der Waals surface area contributed by atoms with Crippen LogP contribution in [0.25, 0.3) is 0 Å². The van der Waals surface area contributed by atoms with Crippen LogP contribution in [-0.4, -0.2) is 29.3 Å². The smallest absolute Gasteiger partial charge is 0.379 e. The van der Waals surface area contributed by atoms with E-state index in [1.54, 1.807) is 14.2 Å². The highest BCUT2D eigenvalue weighted by atomic mass is 28.3. The first-order valence-electron chi connectivity index (χ1n) is 4.64. The van der Waals surface area contributed by atoms with Gasteiger partial charge < -0.3 is 13.3 Å². The van der Waals surface area contributed by atoms with Crippen molar-refractivity contribution in [3.05, 3.63) is 0 Å². The Hall–Kier alpha value is 0.0969. The van der Waals surface area contributed by atoms with Gasteiger partial charge in [0.25, 0.3) is 0 Å². The first-order chi connectivity index (χ1) is 5.91. The topological polar surface area (TPSA) is 27.7 Å². The summed E-state index contributed by atoms with van der Waals surface area (Å²) < 4.78 is 16.0. The molecule has 0 unspecified atom stereocenters. The van der Waals surface area contributed by atoms with E-state index in [1.807, 2.05) is 0 Å². The molecule has 0 aliphatic carbocycles. The Bertz CT molecular complexity index is 133. The highest BCUT2D eigenvalue weighted by molar-refractivity contribution is 6.36. The van der Waals surface area contributed by atoms with Gasteiger partial charge in [-0.15, -0.1) is 0 Å². The van der Waals surface area contributed by atoms with Crippen LogP contribution in [0.5, 0.6) is 0 Å². The van der Waals surface area contributed by atoms with Crippen LogP contribution in [0.15, 0.2) is 0 Å². The zero-order valence-electron chi connectivity index (χ0n) is 9.59. The zero-order valence-corrected chi connectivity index (χ0v) is 10.7. The zero-order chi connectivity index (χ0) is 10.5. The standard InChI is InChI=1S/C9H22O3Si/c1-8(2)7-9(3,4)12-13(10-5)11-6/h8,13H,7H2,1-6H3. The van der Waals surface area contributed by atoms with Gasteiger partial charge in [-0.3, -0.25) is 0 Å². The molecular formula is C9H22O3Si. The lowest BCUT2D eigenvalue weighted by Gasteiger charge is -2.29. The summed E-state index contributed by atoms with van der Waals surface area (Å²) in [5.74, 6) is 0.623. The maximum Gasteiger partial charge on any atom is 0.484 e. The Kier molecular flexibility index (Phi) is 5.79. The molecule has 0 amide bonds. The number of hydrogen-bond acceptors (Lipinski definition) is 3. The first-order valence-corrected chi connectivity index (χ1v) is 6.06. The average molecular weight is 206 g/mol. The summed E-state index contributed by atoms with van der Waals surface area (Å²) in [6.45, 7) is 8.51. The van der Waals surface area contributed by atoms with E-state index < -0.39 is 9.53 Å². The first kappa shape index (κ1) is 13.1. The van der Waals surface area contributed by atoms with E-state index in [2.05, 4.69) is 27.7 Å². The summed E-state index contributed by atoms with van der Waals surface area (Å²) in [7, 11) is 1.39. The van der Waals surface area contributed by atoms with E-state index in [4.69, 9.17) is 13.3 Å². The molecule has 0 bridgehead atoms. The van der Waals surface area contributed by atoms with Crippen molar-refractivity contribution in [1.82, 2.24) is 0 Å². The van der Waals surface area contributed by atoms with Gasteiger partial charge in [0.15, 0.2) is 0 Å². The van der Waals surface area contributed by atoms with Gasteiger partial charge in [0, 0.05) is 14.2 Å². The molecule has 13 heavy (non-hydrogen) atoms. The Labute approximate surface area is 83.3 Å². The van der Waals surface area contributed by atoms with Crippen molar-refractivity contribution in [1.29, 1.82) is 0 Å². The molecule has 0 aromatic rings. The van der Waals surface area contributed by atoms with Crippen LogP contribution in [0.2, 0.25) is 0 Å². The van der Waals surface area contributed by atoms with Crippen LogP contribution in [-0.2, 0) is 13.3 Å². The molecule has 0 rings (SSSR count). The van der Waals surface area contributed by atoms with Crippen molar-refractivity contribution in [3.8, 4) is 0 Å². The van der Waals surface area contributed by atoms with E-state index in [1.165, 1.54) is 0 Å². The fraction of sp³-hybridized carbons (Fsp3) is 1.00. The van der Waals surface area contributed by atoms with Crippen molar-refractivity contribution in [2.75, 3.05) is 14.2 Å². The second-order valence-corrected chi connectivity index (χ2v) is 5.99. The van der Waals surface area contributed by atoms with Gasteiger partial charge in [0.1, 0.15) is 0 Å². The van der Waals surface area contributed by atoms with Gasteiger partial charge in [-0.05, 0) is 26.2 Å². The van der Waals surface area contributed by atoms with Crippen LogP contribution in [0, 0.1) is 5.92 Å². The predicted octanol–water partition coefficient (Wildman–Crippen LogP) is 1.84. The molecule has 0 aliphatic heterocycles. The minimum absolute atomic E-state index is 0.142. The molecule has 0 N–H and O–H groups in total. The molecule has 0 spiro atoms. The normalized spacial score (nSPS) is 12.9. The van der Waals surface area contributed by atoms with Crippen molar-refractivity contribution in [2.45, 2.75) is 39.7 Å². The summed E-state index contributed by atoms with van der Waals surface area (Å²) in [5.41, 5.74) is -0.142. The van der Waals surface area contributed by atoms with Crippen molar-refractivity contribution < 1.29 is 13.3 Å². The fourth-order valence-corrected chi connectivity index (χ4v) is 2.49. The van der Waals surface area contributed by atoms with Crippen molar-refractivity contribution in [2.24, 2.45) is 5.92 Å². The summed E-state index contributed by atoms with van der Waals surface area (Å²) in [6.07, 6.45) is 1.02. The molecule has 0 aromatic heterocycles. The van der Waals surface area contributed by atoms with Crippen LogP contribution >= 0.6 is 0 Å². The second-order valence-electron chi connectivity index (χ2n) is 4.24. The van der Waals surface area contributed by atoms with Crippen molar-refractivity contribution >= 4 is 9.53 Å². The fourth-order valence-electron chi connectivity index (χ4n) is 1.48. The summed E-state index contributed by atoms with van der Waals surface area (Å²) in [4.78, 5) is 0. The molecule has 0 aliphatic rings. The molecule has 80 valence electrons. The van der Waals surface area contributed by atoms with E-state index in [0.29, 0.717) is 5.92 Å². The van der Waals surface area contributed by atoms with Gasteiger partial charge in [-0.2, -0.15) is 0 Å². The van der Waals surface area contributed by atoms with Gasteiger partial charge in [0.2, 0.25) is 0 Å². The maximum absolute atomic E-state index is 5.74. The lowest BCUT2D eigenvalue weighted by Crippen LogP contribution is -2.37. The third-order valence-corrected chi connectivity index (χ3v) is 3.30.